The summed E-state index contributed by atoms with van der Waals surface area (Å²) in [6, 6.07) is 43.1. The Bertz CT molecular complexity index is 3050. The average molecular weight is 850 g/mol. The van der Waals surface area contributed by atoms with Crippen LogP contribution in [0.3, 0.4) is 0 Å². The first kappa shape index (κ1) is 42.6. The van der Waals surface area contributed by atoms with Crippen molar-refractivity contribution in [3.63, 3.8) is 0 Å². The van der Waals surface area contributed by atoms with Gasteiger partial charge >= 0.3 is 0 Å². The van der Waals surface area contributed by atoms with Crippen molar-refractivity contribution in [2.45, 2.75) is 110 Å². The van der Waals surface area contributed by atoms with Gasteiger partial charge in [0.25, 0.3) is 0 Å². The Morgan fingerprint density at radius 3 is 2.18 bits per heavy atom. The van der Waals surface area contributed by atoms with Crippen molar-refractivity contribution in [1.29, 1.82) is 0 Å². The molecule has 6 aliphatic rings. The zero-order valence-electron chi connectivity index (χ0n) is 39.5. The molecule has 0 saturated carbocycles. The van der Waals surface area contributed by atoms with Crippen LogP contribution in [-0.2, 0) is 17.3 Å². The molecule has 12 rings (SSSR count). The second-order valence-corrected chi connectivity index (χ2v) is 19.4. The summed E-state index contributed by atoms with van der Waals surface area (Å²) in [5.74, 6) is 1.05. The maximum absolute atomic E-state index is 5.70. The second-order valence-electron chi connectivity index (χ2n) is 19.4. The third-order valence-corrected chi connectivity index (χ3v) is 14.9. The molecule has 0 bridgehead atoms. The zero-order chi connectivity index (χ0) is 44.9. The van der Waals surface area contributed by atoms with E-state index in [2.05, 4.69) is 191 Å². The molecule has 326 valence electrons. The number of anilines is 2. The molecule has 65 heavy (non-hydrogen) atoms. The number of furan rings is 1. The Hall–Kier alpha value is -6.38. The van der Waals surface area contributed by atoms with Crippen LogP contribution in [0.1, 0.15) is 130 Å². The molecule has 2 nitrogen and oxygen atoms in total. The lowest BCUT2D eigenvalue weighted by Gasteiger charge is -2.37. The molecule has 6 aromatic rings. The fourth-order valence-electron chi connectivity index (χ4n) is 11.5. The van der Waals surface area contributed by atoms with Crippen LogP contribution in [0, 0.1) is 6.92 Å². The number of aryl methyl sites for hydroxylation is 2. The van der Waals surface area contributed by atoms with Crippen molar-refractivity contribution < 1.29 is 4.42 Å². The van der Waals surface area contributed by atoms with Crippen molar-refractivity contribution in [1.82, 2.24) is 0 Å². The number of hydrogen-bond donors (Lipinski definition) is 0. The Balaban J connectivity index is 0.000000281. The molecule has 0 spiro atoms. The van der Waals surface area contributed by atoms with Crippen LogP contribution in [-0.4, -0.2) is 6.04 Å². The number of benzene rings is 5. The fraction of sp³-hybridized carbons (Fsp3) is 0.270. The van der Waals surface area contributed by atoms with Crippen molar-refractivity contribution in [2.75, 3.05) is 4.90 Å². The van der Waals surface area contributed by atoms with Crippen molar-refractivity contribution in [3.05, 3.63) is 219 Å². The van der Waals surface area contributed by atoms with Crippen LogP contribution in [0.2, 0.25) is 0 Å². The van der Waals surface area contributed by atoms with E-state index in [1.807, 2.05) is 26.0 Å². The minimum atomic E-state index is 0.0174. The largest absolute Gasteiger partial charge is 0.456 e. The molecule has 0 N–H and O–H groups in total. The van der Waals surface area contributed by atoms with E-state index >= 15 is 0 Å². The molecule has 2 heteroatoms. The zero-order valence-corrected chi connectivity index (χ0v) is 39.5. The van der Waals surface area contributed by atoms with E-state index in [4.69, 9.17) is 4.42 Å². The minimum absolute atomic E-state index is 0.0174. The molecule has 0 fully saturated rings. The standard InChI is InChI=1S/C49H47N.C12H10O.C2H6/c1-32-13-11-17-37(27-32)50(39-23-25-41-40-19-9-10-20-44(40)48(2,3)47(41)31-39)38-18-12-16-34(28-38)35-22-26-45-43(29-35)42-24-21-36(30-46(42)49(45,4)5)33-14-7-6-8-15-33;1-3-7-11-9(5-1)10-6-2-4-8-12(10)13-11;1-2/h7,9-21,23-25,27-30,39H,6,8,22,26,31H2,1-5H3;1,3-5,7-8H,2,6H2;1-2H3. The number of para-hydroxylation sites is 1. The summed E-state index contributed by atoms with van der Waals surface area (Å²) in [4.78, 5) is 2.59. The van der Waals surface area contributed by atoms with Gasteiger partial charge in [-0.25, -0.2) is 0 Å². The predicted molar refractivity (Wildman–Crippen MR) is 279 cm³/mol. The van der Waals surface area contributed by atoms with E-state index in [1.165, 1.54) is 83.6 Å². The number of allylic oxidation sites excluding steroid dienone is 11. The lowest BCUT2D eigenvalue weighted by molar-refractivity contribution is 0.585. The molecule has 1 atom stereocenters. The summed E-state index contributed by atoms with van der Waals surface area (Å²) in [5, 5.41) is 1.28. The first-order chi connectivity index (χ1) is 31.6. The molecule has 0 saturated heterocycles. The van der Waals surface area contributed by atoms with Crippen molar-refractivity contribution in [3.8, 4) is 0 Å². The van der Waals surface area contributed by atoms with Crippen LogP contribution in [0.25, 0.3) is 39.3 Å². The van der Waals surface area contributed by atoms with Gasteiger partial charge in [-0.05, 0) is 161 Å². The number of nitrogens with zero attached hydrogens (tertiary/aromatic N) is 1. The third kappa shape index (κ3) is 7.55. The van der Waals surface area contributed by atoms with E-state index in [1.54, 1.807) is 11.1 Å². The fourth-order valence-corrected chi connectivity index (χ4v) is 11.5. The number of rotatable bonds is 5. The quantitative estimate of drug-likeness (QED) is 0.172. The van der Waals surface area contributed by atoms with E-state index in [0.29, 0.717) is 0 Å². The average Bonchev–Trinajstić information content (AvgIpc) is 3.92. The van der Waals surface area contributed by atoms with E-state index < -0.39 is 0 Å². The number of fused-ring (bicyclic) bond motifs is 7. The van der Waals surface area contributed by atoms with Crippen molar-refractivity contribution >= 4 is 50.7 Å². The van der Waals surface area contributed by atoms with Gasteiger partial charge < -0.3 is 9.32 Å². The van der Waals surface area contributed by atoms with Gasteiger partial charge in [0, 0.05) is 33.2 Å². The third-order valence-electron chi connectivity index (χ3n) is 14.9. The summed E-state index contributed by atoms with van der Waals surface area (Å²) in [7, 11) is 0. The highest BCUT2D eigenvalue weighted by atomic mass is 16.3. The molecule has 1 aromatic heterocycles. The maximum Gasteiger partial charge on any atom is 0.135 e. The van der Waals surface area contributed by atoms with E-state index in [-0.39, 0.29) is 16.9 Å². The Morgan fingerprint density at radius 2 is 1.35 bits per heavy atom. The van der Waals surface area contributed by atoms with Gasteiger partial charge in [-0.2, -0.15) is 0 Å². The molecule has 0 amide bonds. The number of hydrogen-bond acceptors (Lipinski definition) is 2. The van der Waals surface area contributed by atoms with Gasteiger partial charge in [-0.1, -0.05) is 169 Å². The SMILES string of the molecule is C1=Cc2oc3ccccc3c2CC1.CC.Cc1cccc(N(c2cccc(C3=CC4=C(CC3)C(C)(C)c3cc(C5=CCCC=C5)ccc34)c2)C2C=CC3=C(C2)C(C)(C)c2ccccc23)c1. The first-order valence-electron chi connectivity index (χ1n) is 24.3. The highest BCUT2D eigenvalue weighted by Crippen LogP contribution is 2.54. The molecule has 6 aliphatic carbocycles. The first-order valence-corrected chi connectivity index (χ1v) is 24.3. The van der Waals surface area contributed by atoms with Crippen LogP contribution < -0.4 is 4.90 Å². The van der Waals surface area contributed by atoms with Crippen molar-refractivity contribution in [2.24, 2.45) is 0 Å². The topological polar surface area (TPSA) is 16.4 Å². The van der Waals surface area contributed by atoms with Gasteiger partial charge in [0.05, 0.1) is 6.04 Å². The Labute approximate surface area is 387 Å². The van der Waals surface area contributed by atoms with Gasteiger partial charge in [-0.15, -0.1) is 0 Å². The van der Waals surface area contributed by atoms with Gasteiger partial charge in [-0.3, -0.25) is 0 Å². The lowest BCUT2D eigenvalue weighted by atomic mass is 9.76. The summed E-state index contributed by atoms with van der Waals surface area (Å²) < 4.78 is 5.70. The van der Waals surface area contributed by atoms with E-state index in [9.17, 15) is 0 Å². The molecular weight excluding hydrogens is 787 g/mol. The summed E-state index contributed by atoms with van der Waals surface area (Å²) >= 11 is 0. The lowest BCUT2D eigenvalue weighted by Crippen LogP contribution is -2.33. The summed E-state index contributed by atoms with van der Waals surface area (Å²) in [5.41, 5.74) is 23.5. The molecule has 0 radical (unpaired) electrons. The van der Waals surface area contributed by atoms with Crippen LogP contribution in [0.5, 0.6) is 0 Å². The molecule has 0 aliphatic heterocycles. The van der Waals surface area contributed by atoms with E-state index in [0.717, 1.165) is 56.3 Å². The van der Waals surface area contributed by atoms with Gasteiger partial charge in [0.15, 0.2) is 0 Å². The molecule has 1 unspecified atom stereocenters. The predicted octanol–water partition coefficient (Wildman–Crippen LogP) is 17.3. The molecule has 5 aromatic carbocycles. The highest BCUT2D eigenvalue weighted by Gasteiger charge is 2.41. The second kappa shape index (κ2) is 17.2. The smallest absolute Gasteiger partial charge is 0.135 e. The monoisotopic (exact) mass is 849 g/mol. The van der Waals surface area contributed by atoms with Gasteiger partial charge in [0.1, 0.15) is 11.3 Å². The minimum Gasteiger partial charge on any atom is -0.456 e. The molecule has 1 heterocycles. The normalized spacial score (nSPS) is 19.2. The molecular formula is C63H63NO. The Morgan fingerprint density at radius 1 is 0.600 bits per heavy atom. The maximum atomic E-state index is 5.70. The van der Waals surface area contributed by atoms with Gasteiger partial charge in [0.2, 0.25) is 0 Å². The summed E-state index contributed by atoms with van der Waals surface area (Å²) in [6.45, 7) is 15.9. The van der Waals surface area contributed by atoms with Crippen LogP contribution in [0.4, 0.5) is 11.4 Å². The highest BCUT2D eigenvalue weighted by molar-refractivity contribution is 5.95. The van der Waals surface area contributed by atoms with Crippen LogP contribution in [0.15, 0.2) is 173 Å². The summed E-state index contributed by atoms with van der Waals surface area (Å²) in [6.07, 6.45) is 26.4. The van der Waals surface area contributed by atoms with Crippen LogP contribution >= 0.6 is 0 Å². The Kier molecular flexibility index (Phi) is 11.3.